The summed E-state index contributed by atoms with van der Waals surface area (Å²) in [6.07, 6.45) is 5.98. The third-order valence-corrected chi connectivity index (χ3v) is 5.50. The van der Waals surface area contributed by atoms with E-state index in [0.717, 1.165) is 34.2 Å². The molecule has 6 rings (SSSR count). The van der Waals surface area contributed by atoms with Crippen LogP contribution in [0.1, 0.15) is 18.5 Å². The monoisotopic (exact) mass is 318 g/mol. The molecule has 2 N–H and O–H groups in total. The molecule has 3 aromatic heterocycles. The van der Waals surface area contributed by atoms with Gasteiger partial charge in [-0.2, -0.15) is 5.26 Å². The van der Waals surface area contributed by atoms with Crippen LogP contribution in [0.2, 0.25) is 0 Å². The minimum atomic E-state index is 0.383. The first kappa shape index (κ1) is 13.8. The molecule has 3 saturated heterocycles. The predicted molar refractivity (Wildman–Crippen MR) is 92.7 cm³/mol. The number of aromatic amines is 1. The lowest BCUT2D eigenvalue weighted by Gasteiger charge is -2.45. The van der Waals surface area contributed by atoms with Gasteiger partial charge in [0.05, 0.1) is 17.4 Å². The number of anilines is 1. The van der Waals surface area contributed by atoms with Gasteiger partial charge in [0.15, 0.2) is 5.69 Å². The highest BCUT2D eigenvalue weighted by atomic mass is 15.2. The molecule has 6 heterocycles. The molecule has 1 atom stereocenters. The Kier molecular flexibility index (Phi) is 2.97. The molecular weight excluding hydrogens is 300 g/mol. The van der Waals surface area contributed by atoms with Crippen molar-refractivity contribution >= 4 is 27.6 Å². The second-order valence-electron chi connectivity index (χ2n) is 6.80. The zero-order chi connectivity index (χ0) is 16.1. The molecule has 0 radical (unpaired) electrons. The highest BCUT2D eigenvalue weighted by Crippen LogP contribution is 2.35. The molecule has 3 fully saturated rings. The molecule has 2 bridgehead atoms. The van der Waals surface area contributed by atoms with Crippen molar-refractivity contribution in [3.63, 3.8) is 0 Å². The third-order valence-electron chi connectivity index (χ3n) is 5.50. The van der Waals surface area contributed by atoms with Gasteiger partial charge in [-0.3, -0.25) is 0 Å². The molecule has 0 aliphatic carbocycles. The summed E-state index contributed by atoms with van der Waals surface area (Å²) in [6, 6.07) is 6.61. The molecule has 0 spiro atoms. The summed E-state index contributed by atoms with van der Waals surface area (Å²) in [5, 5.41) is 15.3. The van der Waals surface area contributed by atoms with Crippen molar-refractivity contribution in [1.29, 1.82) is 5.26 Å². The Morgan fingerprint density at radius 1 is 1.29 bits per heavy atom. The van der Waals surface area contributed by atoms with Crippen molar-refractivity contribution in [2.45, 2.75) is 18.9 Å². The van der Waals surface area contributed by atoms with E-state index in [1.165, 1.54) is 25.9 Å². The van der Waals surface area contributed by atoms with E-state index >= 15 is 0 Å². The SMILES string of the molecule is N#Cc1ncc2[nH]c3ncccc3c2c1NC1CN2CCC1CC2. The highest BCUT2D eigenvalue weighted by molar-refractivity contribution is 6.12. The Labute approximate surface area is 139 Å². The van der Waals surface area contributed by atoms with Crippen LogP contribution in [-0.2, 0) is 0 Å². The second-order valence-corrected chi connectivity index (χ2v) is 6.80. The van der Waals surface area contributed by atoms with Gasteiger partial charge in [-0.1, -0.05) is 0 Å². The molecule has 120 valence electrons. The Bertz CT molecular complexity index is 961. The fourth-order valence-corrected chi connectivity index (χ4v) is 4.26. The maximum absolute atomic E-state index is 9.56. The van der Waals surface area contributed by atoms with Crippen molar-refractivity contribution in [3.05, 3.63) is 30.2 Å². The summed E-state index contributed by atoms with van der Waals surface area (Å²) in [6.45, 7) is 3.45. The van der Waals surface area contributed by atoms with Crippen molar-refractivity contribution < 1.29 is 0 Å². The first-order valence-corrected chi connectivity index (χ1v) is 8.48. The maximum Gasteiger partial charge on any atom is 0.164 e. The Morgan fingerprint density at radius 3 is 2.92 bits per heavy atom. The van der Waals surface area contributed by atoms with Crippen LogP contribution in [0.3, 0.4) is 0 Å². The van der Waals surface area contributed by atoms with Crippen LogP contribution in [0.15, 0.2) is 24.5 Å². The van der Waals surface area contributed by atoms with Gasteiger partial charge in [0.2, 0.25) is 0 Å². The van der Waals surface area contributed by atoms with Crippen LogP contribution >= 0.6 is 0 Å². The van der Waals surface area contributed by atoms with Gasteiger partial charge in [0.25, 0.3) is 0 Å². The third kappa shape index (κ3) is 1.98. The van der Waals surface area contributed by atoms with E-state index in [1.54, 1.807) is 12.4 Å². The van der Waals surface area contributed by atoms with E-state index in [0.29, 0.717) is 17.7 Å². The predicted octanol–water partition coefficient (Wildman–Crippen LogP) is 2.49. The molecule has 0 amide bonds. The number of nitriles is 1. The van der Waals surface area contributed by atoms with Crippen molar-refractivity contribution in [3.8, 4) is 6.07 Å². The van der Waals surface area contributed by atoms with E-state index in [1.807, 2.05) is 12.1 Å². The Balaban J connectivity index is 1.67. The summed E-state index contributed by atoms with van der Waals surface area (Å²) >= 11 is 0. The first-order valence-electron chi connectivity index (χ1n) is 8.48. The van der Waals surface area contributed by atoms with E-state index in [4.69, 9.17) is 0 Å². The quantitative estimate of drug-likeness (QED) is 0.759. The molecule has 3 aliphatic heterocycles. The Hall–Kier alpha value is -2.65. The molecule has 3 aliphatic rings. The number of fused-ring (bicyclic) bond motifs is 6. The zero-order valence-corrected chi connectivity index (χ0v) is 13.3. The number of hydrogen-bond donors (Lipinski definition) is 2. The molecule has 6 heteroatoms. The van der Waals surface area contributed by atoms with Gasteiger partial charge < -0.3 is 15.2 Å². The summed E-state index contributed by atoms with van der Waals surface area (Å²) in [4.78, 5) is 14.6. The summed E-state index contributed by atoms with van der Waals surface area (Å²) in [7, 11) is 0. The van der Waals surface area contributed by atoms with Gasteiger partial charge in [-0.15, -0.1) is 0 Å². The highest BCUT2D eigenvalue weighted by Gasteiger charge is 2.34. The van der Waals surface area contributed by atoms with E-state index in [9.17, 15) is 5.26 Å². The summed E-state index contributed by atoms with van der Waals surface area (Å²) in [5.41, 5.74) is 3.07. The number of hydrogen-bond acceptors (Lipinski definition) is 5. The standard InChI is InChI=1S/C18H18N6/c19-8-13-17(22-15-10-24-6-3-11(15)4-7-24)16-12-2-1-5-20-18(12)23-14(16)9-21-13/h1-2,5,9,11,15,22H,3-4,6-7,10H2,(H,20,23). The molecule has 1 unspecified atom stereocenters. The van der Waals surface area contributed by atoms with Crippen LogP contribution in [0, 0.1) is 17.2 Å². The minimum Gasteiger partial charge on any atom is -0.378 e. The first-order chi connectivity index (χ1) is 11.8. The van der Waals surface area contributed by atoms with Gasteiger partial charge in [-0.05, 0) is 44.0 Å². The van der Waals surface area contributed by atoms with Crippen molar-refractivity contribution in [2.24, 2.45) is 5.92 Å². The lowest BCUT2D eigenvalue weighted by molar-refractivity contribution is 0.0976. The van der Waals surface area contributed by atoms with Crippen LogP contribution in [-0.4, -0.2) is 45.5 Å². The number of H-pyrrole nitrogens is 1. The normalized spacial score (nSPS) is 25.9. The van der Waals surface area contributed by atoms with E-state index in [2.05, 4.69) is 31.2 Å². The van der Waals surface area contributed by atoms with Gasteiger partial charge in [0, 0.05) is 29.6 Å². The van der Waals surface area contributed by atoms with Crippen molar-refractivity contribution in [2.75, 3.05) is 25.0 Å². The minimum absolute atomic E-state index is 0.383. The zero-order valence-electron chi connectivity index (χ0n) is 13.3. The summed E-state index contributed by atoms with van der Waals surface area (Å²) in [5.74, 6) is 0.681. The molecule has 0 saturated carbocycles. The number of piperidine rings is 3. The van der Waals surface area contributed by atoms with Gasteiger partial charge in [0.1, 0.15) is 11.7 Å². The van der Waals surface area contributed by atoms with Crippen LogP contribution < -0.4 is 5.32 Å². The lowest BCUT2D eigenvalue weighted by atomic mass is 9.84. The molecule has 6 nitrogen and oxygen atoms in total. The van der Waals surface area contributed by atoms with E-state index in [-0.39, 0.29) is 0 Å². The fraction of sp³-hybridized carbons (Fsp3) is 0.389. The average molecular weight is 318 g/mol. The Morgan fingerprint density at radius 2 is 2.17 bits per heavy atom. The molecular formula is C18H18N6. The number of rotatable bonds is 2. The molecule has 0 aromatic carbocycles. The van der Waals surface area contributed by atoms with Gasteiger partial charge >= 0.3 is 0 Å². The smallest absolute Gasteiger partial charge is 0.164 e. The second kappa shape index (κ2) is 5.18. The van der Waals surface area contributed by atoms with Crippen LogP contribution in [0.4, 0.5) is 5.69 Å². The van der Waals surface area contributed by atoms with Crippen LogP contribution in [0.25, 0.3) is 21.9 Å². The average Bonchev–Trinajstić information content (AvgIpc) is 3.02. The van der Waals surface area contributed by atoms with Gasteiger partial charge in [-0.25, -0.2) is 9.97 Å². The van der Waals surface area contributed by atoms with E-state index < -0.39 is 0 Å². The van der Waals surface area contributed by atoms with Crippen LogP contribution in [0.5, 0.6) is 0 Å². The largest absolute Gasteiger partial charge is 0.378 e. The molecule has 3 aromatic rings. The fourth-order valence-electron chi connectivity index (χ4n) is 4.26. The van der Waals surface area contributed by atoms with Crippen molar-refractivity contribution in [1.82, 2.24) is 19.9 Å². The topological polar surface area (TPSA) is 80.6 Å². The number of pyridine rings is 2. The summed E-state index contributed by atoms with van der Waals surface area (Å²) < 4.78 is 0. The molecule has 24 heavy (non-hydrogen) atoms. The number of aromatic nitrogens is 3. The number of nitrogens with one attached hydrogen (secondary N) is 2. The lowest BCUT2D eigenvalue weighted by Crippen LogP contribution is -2.53. The number of nitrogens with zero attached hydrogens (tertiary/aromatic N) is 4. The maximum atomic E-state index is 9.56.